The van der Waals surface area contributed by atoms with Gasteiger partial charge < -0.3 is 5.73 Å². The van der Waals surface area contributed by atoms with Crippen LogP contribution in [0.5, 0.6) is 0 Å². The molecule has 0 atom stereocenters. The Bertz CT molecular complexity index is 26.9. The Kier molecular flexibility index (Phi) is 62.5. The molecule has 0 radical (unpaired) electrons. The summed E-state index contributed by atoms with van der Waals surface area (Å²) in [5, 5.41) is 0. The van der Waals surface area contributed by atoms with Gasteiger partial charge >= 0.3 is 29.2 Å². The van der Waals surface area contributed by atoms with E-state index in [-0.39, 0.29) is 12.4 Å². The quantitative estimate of drug-likeness (QED) is 0.492. The van der Waals surface area contributed by atoms with Gasteiger partial charge in [-0.05, 0) is 0 Å². The van der Waals surface area contributed by atoms with Gasteiger partial charge in [-0.3, -0.25) is 0 Å². The van der Waals surface area contributed by atoms with Crippen LogP contribution in [0.1, 0.15) is 0 Å². The second-order valence-electron chi connectivity index (χ2n) is 0.493. The molecule has 0 aliphatic rings. The zero-order valence-electron chi connectivity index (χ0n) is 3.58. The average molecular weight is 236 g/mol. The number of nitrogens with one attached hydrogen (secondary N) is 1. The van der Waals surface area contributed by atoms with Crippen LogP contribution in [-0.4, -0.2) is 6.54 Å². The third-order valence-electron chi connectivity index (χ3n) is 0.144. The Morgan fingerprint density at radius 1 is 1.71 bits per heavy atom. The van der Waals surface area contributed by atoms with Crippen molar-refractivity contribution in [1.82, 2.24) is 0 Å². The molecule has 0 unspecified atom stereocenters. The van der Waals surface area contributed by atoms with Crippen LogP contribution in [0.15, 0.2) is 12.7 Å². The topological polar surface area (TPSA) is 23.8 Å². The van der Waals surface area contributed by atoms with Gasteiger partial charge in [-0.1, -0.05) is 0 Å². The molecule has 50 valence electrons. The molecule has 0 aromatic carbocycles. The third kappa shape index (κ3) is 43.4. The van der Waals surface area contributed by atoms with Crippen LogP contribution in [0.25, 0.3) is 5.73 Å². The fourth-order valence-corrected chi connectivity index (χ4v) is 0. The zero-order valence-corrected chi connectivity index (χ0v) is 6.63. The van der Waals surface area contributed by atoms with Gasteiger partial charge in [-0.2, -0.15) is 0 Å². The van der Waals surface area contributed by atoms with Gasteiger partial charge in [-0.25, -0.2) is 0 Å². The molecule has 0 bridgehead atoms. The predicted molar refractivity (Wildman–Crippen MR) is 32.5 cm³/mol. The first-order valence-electron chi connectivity index (χ1n) is 1.28. The number of hydrogen-bond donors (Lipinski definition) is 0. The second-order valence-corrected chi connectivity index (χ2v) is 0.493. The van der Waals surface area contributed by atoms with E-state index in [4.69, 9.17) is 5.73 Å². The normalized spacial score (nSPS) is 4.57. The number of halogens is 2. The molecule has 0 aromatic heterocycles. The van der Waals surface area contributed by atoms with Crippen molar-refractivity contribution in [3.05, 3.63) is 18.4 Å². The monoisotopic (exact) mass is 234 g/mol. The van der Waals surface area contributed by atoms with Crippen LogP contribution in [0, 0.1) is 0 Å². The minimum atomic E-state index is 0. The molecule has 0 heterocycles. The molecule has 7 heavy (non-hydrogen) atoms. The van der Waals surface area contributed by atoms with Gasteiger partial charge in [0.25, 0.3) is 0 Å². The summed E-state index contributed by atoms with van der Waals surface area (Å²) in [4.78, 5) is 0. The second kappa shape index (κ2) is 27.9. The third-order valence-corrected chi connectivity index (χ3v) is 0.144. The Morgan fingerprint density at radius 2 is 1.86 bits per heavy atom. The van der Waals surface area contributed by atoms with Crippen molar-refractivity contribution in [2.75, 3.05) is 6.54 Å². The van der Waals surface area contributed by atoms with Crippen LogP contribution in [0.4, 0.5) is 0 Å². The molecule has 4 heteroatoms. The first-order chi connectivity index (χ1) is 2.91. The van der Waals surface area contributed by atoms with E-state index in [2.05, 4.69) is 35.8 Å². The van der Waals surface area contributed by atoms with Crippen molar-refractivity contribution in [2.24, 2.45) is 0 Å². The van der Waals surface area contributed by atoms with Crippen LogP contribution >= 0.6 is 21.6 Å². The Hall–Kier alpha value is 1.02. The van der Waals surface area contributed by atoms with E-state index < -0.39 is 0 Å². The van der Waals surface area contributed by atoms with Gasteiger partial charge in [0, 0.05) is 0 Å². The molecular weight excluding hydrogens is 229 g/mol. The first kappa shape index (κ1) is 15.7. The van der Waals surface area contributed by atoms with E-state index in [1.54, 1.807) is 6.08 Å². The van der Waals surface area contributed by atoms with Crippen LogP contribution < -0.4 is 0 Å². The van der Waals surface area contributed by atoms with Crippen LogP contribution in [-0.2, 0) is 20.0 Å². The van der Waals surface area contributed by atoms with Gasteiger partial charge in [-0.15, -0.1) is 31.6 Å². The maximum absolute atomic E-state index is 6.33. The van der Waals surface area contributed by atoms with Gasteiger partial charge in [0.1, 0.15) is 0 Å². The Labute approximate surface area is 66.4 Å². The molecule has 0 rings (SSSR count). The molecule has 0 aliphatic heterocycles. The van der Waals surface area contributed by atoms with Crippen molar-refractivity contribution in [1.29, 1.82) is 0 Å². The summed E-state index contributed by atoms with van der Waals surface area (Å²) in [6.07, 6.45) is 1.54. The SMILES string of the molecule is C=CC[NH-].Cl.[Cl][Ag]. The molecule has 0 spiro atoms. The zero-order chi connectivity index (χ0) is 5.41. The Morgan fingerprint density at radius 3 is 1.86 bits per heavy atom. The fourth-order valence-electron chi connectivity index (χ4n) is 0. The molecule has 0 saturated heterocycles. The Balaban J connectivity index is -0.0000000480. The van der Waals surface area contributed by atoms with Crippen molar-refractivity contribution in [3.8, 4) is 0 Å². The molecule has 0 aromatic rings. The maximum atomic E-state index is 6.33. The molecule has 0 amide bonds. The van der Waals surface area contributed by atoms with Crippen LogP contribution in [0.2, 0.25) is 0 Å². The van der Waals surface area contributed by atoms with Crippen molar-refractivity contribution in [3.63, 3.8) is 0 Å². The van der Waals surface area contributed by atoms with Gasteiger partial charge in [0.15, 0.2) is 0 Å². The summed E-state index contributed by atoms with van der Waals surface area (Å²) in [5.41, 5.74) is 6.33. The molecule has 0 fully saturated rings. The van der Waals surface area contributed by atoms with E-state index >= 15 is 0 Å². The van der Waals surface area contributed by atoms with Gasteiger partial charge in [0.05, 0.1) is 0 Å². The van der Waals surface area contributed by atoms with Crippen molar-refractivity contribution in [2.45, 2.75) is 0 Å². The summed E-state index contributed by atoms with van der Waals surface area (Å²) < 4.78 is 0. The summed E-state index contributed by atoms with van der Waals surface area (Å²) in [6.45, 7) is 3.62. The van der Waals surface area contributed by atoms with E-state index in [1.807, 2.05) is 0 Å². The van der Waals surface area contributed by atoms with Crippen molar-refractivity contribution < 1.29 is 20.0 Å². The molecular formula is C3H7AgCl2N-. The van der Waals surface area contributed by atoms with Crippen LogP contribution in [0.3, 0.4) is 0 Å². The molecule has 1 nitrogen and oxygen atoms in total. The van der Waals surface area contributed by atoms with Crippen molar-refractivity contribution >= 4 is 21.6 Å². The average Bonchev–Trinajstić information content (AvgIpc) is 1.72. The number of hydrogen-bond acceptors (Lipinski definition) is 0. The summed E-state index contributed by atoms with van der Waals surface area (Å²) in [5.74, 6) is 0. The minimum absolute atomic E-state index is 0. The van der Waals surface area contributed by atoms with E-state index in [0.29, 0.717) is 6.54 Å². The molecule has 0 saturated carbocycles. The predicted octanol–water partition coefficient (Wildman–Crippen LogP) is 2.33. The number of rotatable bonds is 1. The van der Waals surface area contributed by atoms with Gasteiger partial charge in [0.2, 0.25) is 0 Å². The molecule has 0 aliphatic carbocycles. The first-order valence-corrected chi connectivity index (χ1v) is 3.19. The van der Waals surface area contributed by atoms with E-state index in [0.717, 1.165) is 0 Å². The fraction of sp³-hybridized carbons (Fsp3) is 0.333. The standard InChI is InChI=1S/C3H6N.Ag.2ClH/c1-2-3-4;;;/h2,4H,1,3H2;;2*1H/q-1;+1;;/p-1. The van der Waals surface area contributed by atoms with E-state index in [1.165, 1.54) is 0 Å². The summed E-state index contributed by atoms with van der Waals surface area (Å²) in [7, 11) is 4.45. The summed E-state index contributed by atoms with van der Waals surface area (Å²) >= 11 is 2.42. The summed E-state index contributed by atoms with van der Waals surface area (Å²) in [6, 6.07) is 0. The van der Waals surface area contributed by atoms with E-state index in [9.17, 15) is 0 Å². The molecule has 1 N–H and O–H groups in total.